The van der Waals surface area contributed by atoms with Gasteiger partial charge in [0.15, 0.2) is 15.6 Å². The van der Waals surface area contributed by atoms with Crippen LogP contribution in [0.1, 0.15) is 39.1 Å². The largest absolute Gasteiger partial charge is 0.398 e. The molecular weight excluding hydrogens is 422 g/mol. The lowest BCUT2D eigenvalue weighted by Crippen LogP contribution is -2.52. The van der Waals surface area contributed by atoms with Crippen LogP contribution in [0.25, 0.3) is 0 Å². The summed E-state index contributed by atoms with van der Waals surface area (Å²) in [6, 6.07) is 10.9. The first-order chi connectivity index (χ1) is 14.7. The number of anilines is 1. The number of rotatable bonds is 1. The Kier molecular flexibility index (Phi) is 5.10. The van der Waals surface area contributed by atoms with E-state index in [9.17, 15) is 27.6 Å². The zero-order chi connectivity index (χ0) is 22.3. The summed E-state index contributed by atoms with van der Waals surface area (Å²) in [7, 11) is -3.30. The molecule has 0 bridgehead atoms. The molecule has 1 saturated heterocycles. The lowest BCUT2D eigenvalue weighted by Gasteiger charge is -2.29. The number of imide groups is 1. The molecule has 0 saturated carbocycles. The molecule has 5 rings (SSSR count). The molecule has 0 spiro atoms. The molecule has 10 heteroatoms. The van der Waals surface area contributed by atoms with Crippen LogP contribution < -0.4 is 11.1 Å². The Bertz CT molecular complexity index is 1240. The molecule has 2 aromatic rings. The van der Waals surface area contributed by atoms with Crippen molar-refractivity contribution >= 4 is 39.0 Å². The quantitative estimate of drug-likeness (QED) is 0.489. The number of carbonyl (C=O) groups is 4. The van der Waals surface area contributed by atoms with E-state index >= 15 is 0 Å². The van der Waals surface area contributed by atoms with Crippen molar-refractivity contribution in [3.63, 3.8) is 0 Å². The maximum absolute atomic E-state index is 12.3. The maximum Gasteiger partial charge on any atom is 0.255 e. The molecule has 3 aliphatic heterocycles. The Hall–Kier alpha value is -3.53. The van der Waals surface area contributed by atoms with Crippen LogP contribution in [0.5, 0.6) is 0 Å². The van der Waals surface area contributed by atoms with Crippen molar-refractivity contribution in [3.05, 3.63) is 59.2 Å². The van der Waals surface area contributed by atoms with Gasteiger partial charge in [-0.2, -0.15) is 0 Å². The zero-order valence-corrected chi connectivity index (χ0v) is 17.1. The van der Waals surface area contributed by atoms with Crippen LogP contribution in [0.2, 0.25) is 0 Å². The summed E-state index contributed by atoms with van der Waals surface area (Å²) in [5.74, 6) is -1.56. The van der Waals surface area contributed by atoms with Crippen LogP contribution >= 0.6 is 0 Å². The molecule has 2 aromatic carbocycles. The average molecular weight is 441 g/mol. The molecule has 0 aliphatic carbocycles. The highest BCUT2D eigenvalue weighted by Crippen LogP contribution is 2.30. The second-order valence-corrected chi connectivity index (χ2v) is 9.41. The Morgan fingerprint density at radius 1 is 0.968 bits per heavy atom. The minimum Gasteiger partial charge on any atom is -0.398 e. The normalized spacial score (nSPS) is 21.2. The minimum atomic E-state index is -3.30. The third kappa shape index (κ3) is 3.70. The summed E-state index contributed by atoms with van der Waals surface area (Å²) < 4.78 is 22.5. The molecule has 1 atom stereocenters. The van der Waals surface area contributed by atoms with Gasteiger partial charge in [-0.1, -0.05) is 24.3 Å². The molecule has 3 amide bonds. The second-order valence-electron chi connectivity index (χ2n) is 7.45. The van der Waals surface area contributed by atoms with Crippen LogP contribution in [-0.4, -0.2) is 48.6 Å². The van der Waals surface area contributed by atoms with Crippen molar-refractivity contribution in [3.8, 4) is 0 Å². The molecule has 3 heterocycles. The topological polar surface area (TPSA) is 144 Å². The monoisotopic (exact) mass is 441 g/mol. The van der Waals surface area contributed by atoms with Crippen molar-refractivity contribution < 1.29 is 27.6 Å². The minimum absolute atomic E-state index is 0.176. The molecule has 9 nitrogen and oxygen atoms in total. The number of carbonyl (C=O) groups excluding carboxylic acids is 4. The number of ketones is 1. The van der Waals surface area contributed by atoms with Crippen LogP contribution in [-0.2, 0) is 26.0 Å². The fraction of sp³-hybridized carbons (Fsp3) is 0.238. The van der Waals surface area contributed by atoms with Crippen LogP contribution in [0, 0.1) is 0 Å². The number of nitrogens with one attached hydrogen (secondary N) is 1. The maximum atomic E-state index is 12.3. The summed E-state index contributed by atoms with van der Waals surface area (Å²) in [4.78, 5) is 48.0. The van der Waals surface area contributed by atoms with E-state index in [4.69, 9.17) is 5.73 Å². The first-order valence-electron chi connectivity index (χ1n) is 9.56. The molecule has 160 valence electrons. The van der Waals surface area contributed by atoms with Crippen molar-refractivity contribution in [1.82, 2.24) is 10.2 Å². The van der Waals surface area contributed by atoms with Crippen LogP contribution in [0.4, 0.5) is 5.69 Å². The molecular formula is C21H19N3O6S. The van der Waals surface area contributed by atoms with Gasteiger partial charge in [0.1, 0.15) is 11.8 Å². The number of nitrogens with zero attached hydrogens (tertiary/aromatic N) is 1. The first-order valence-corrected chi connectivity index (χ1v) is 11.2. The summed E-state index contributed by atoms with van der Waals surface area (Å²) >= 11 is 0. The molecule has 3 N–H and O–H groups in total. The van der Waals surface area contributed by atoms with Gasteiger partial charge in [-0.15, -0.1) is 0 Å². The van der Waals surface area contributed by atoms with Gasteiger partial charge >= 0.3 is 0 Å². The van der Waals surface area contributed by atoms with Crippen LogP contribution in [0.15, 0.2) is 47.4 Å². The van der Waals surface area contributed by atoms with Crippen molar-refractivity contribution in [2.75, 3.05) is 11.5 Å². The third-order valence-corrected chi connectivity index (χ3v) is 7.13. The predicted molar refractivity (Wildman–Crippen MR) is 110 cm³/mol. The van der Waals surface area contributed by atoms with Gasteiger partial charge in [0.05, 0.1) is 4.90 Å². The van der Waals surface area contributed by atoms with E-state index in [-0.39, 0.29) is 34.7 Å². The summed E-state index contributed by atoms with van der Waals surface area (Å²) in [5, 5.41) is 2.27. The molecule has 31 heavy (non-hydrogen) atoms. The standard InChI is InChI=1S/C13H13N3O3.C8H6O3S/c14-9-3-1-2-7-8(9)6-16(13(7)19)10-4-5-11(17)15-12(10)18;9-7-5-12(10,11)8-4-2-1-3-6(7)8/h1-3,10H,4-6,14H2,(H,15,17,18);1-4H,5H2. The number of sulfone groups is 1. The summed E-state index contributed by atoms with van der Waals surface area (Å²) in [6.45, 7) is 0.327. The number of nitrogen functional groups attached to an aromatic ring is 1. The van der Waals surface area contributed by atoms with E-state index < -0.39 is 21.8 Å². The van der Waals surface area contributed by atoms with Gasteiger partial charge in [0.2, 0.25) is 11.8 Å². The molecule has 1 fully saturated rings. The highest BCUT2D eigenvalue weighted by molar-refractivity contribution is 7.92. The number of fused-ring (bicyclic) bond motifs is 2. The van der Waals surface area contributed by atoms with Gasteiger partial charge in [-0.25, -0.2) is 8.42 Å². The fourth-order valence-corrected chi connectivity index (χ4v) is 5.36. The Morgan fingerprint density at radius 2 is 1.68 bits per heavy atom. The summed E-state index contributed by atoms with van der Waals surface area (Å²) in [5.41, 5.74) is 8.04. The van der Waals surface area contributed by atoms with E-state index in [2.05, 4.69) is 5.32 Å². The van der Waals surface area contributed by atoms with Crippen molar-refractivity contribution in [2.45, 2.75) is 30.3 Å². The van der Waals surface area contributed by atoms with Gasteiger partial charge in [-0.3, -0.25) is 24.5 Å². The lowest BCUT2D eigenvalue weighted by atomic mass is 10.0. The molecule has 0 radical (unpaired) electrons. The van der Waals surface area contributed by atoms with Gasteiger partial charge in [0.25, 0.3) is 5.91 Å². The Labute approximate surface area is 178 Å². The average Bonchev–Trinajstić information content (AvgIpc) is 3.17. The molecule has 3 aliphatic rings. The van der Waals surface area contributed by atoms with E-state index in [0.29, 0.717) is 29.8 Å². The second kappa shape index (κ2) is 7.62. The number of Topliss-reactive ketones (excluding diaryl/α,β-unsaturated/α-hetero) is 1. The SMILES string of the molecule is Nc1cccc2c1CN(C1CCC(=O)NC1=O)C2=O.O=C1CS(=O)(=O)c2ccccc21. The van der Waals surface area contributed by atoms with E-state index in [1.807, 2.05) is 0 Å². The number of hydrogen-bond donors (Lipinski definition) is 2. The molecule has 1 unspecified atom stereocenters. The Balaban J connectivity index is 0.000000166. The first kappa shape index (κ1) is 20.7. The number of piperidine rings is 1. The number of benzene rings is 2. The highest BCUT2D eigenvalue weighted by Gasteiger charge is 2.39. The van der Waals surface area contributed by atoms with E-state index in [1.165, 1.54) is 11.0 Å². The number of amides is 3. The lowest BCUT2D eigenvalue weighted by molar-refractivity contribution is -0.136. The molecule has 0 aromatic heterocycles. The van der Waals surface area contributed by atoms with Gasteiger partial charge < -0.3 is 10.6 Å². The van der Waals surface area contributed by atoms with E-state index in [0.717, 1.165) is 5.56 Å². The van der Waals surface area contributed by atoms with E-state index in [1.54, 1.807) is 36.4 Å². The van der Waals surface area contributed by atoms with Crippen LogP contribution in [0.3, 0.4) is 0 Å². The smallest absolute Gasteiger partial charge is 0.255 e. The highest BCUT2D eigenvalue weighted by atomic mass is 32.2. The summed E-state index contributed by atoms with van der Waals surface area (Å²) in [6.07, 6.45) is 0.621. The van der Waals surface area contributed by atoms with Gasteiger partial charge in [0, 0.05) is 35.3 Å². The zero-order valence-electron chi connectivity index (χ0n) is 16.3. The number of hydrogen-bond acceptors (Lipinski definition) is 7. The third-order valence-electron chi connectivity index (χ3n) is 5.46. The fourth-order valence-electron chi connectivity index (χ4n) is 3.91. The van der Waals surface area contributed by atoms with Crippen molar-refractivity contribution in [2.24, 2.45) is 0 Å². The predicted octanol–water partition coefficient (Wildman–Crippen LogP) is 0.686. The number of nitrogens with two attached hydrogens (primary N) is 1. The Morgan fingerprint density at radius 3 is 2.35 bits per heavy atom. The van der Waals surface area contributed by atoms with Gasteiger partial charge in [-0.05, 0) is 24.6 Å². The van der Waals surface area contributed by atoms with Crippen molar-refractivity contribution in [1.29, 1.82) is 0 Å².